The molecule has 3 aromatic carbocycles. The number of hydrogen-bond acceptors (Lipinski definition) is 1. The Morgan fingerprint density at radius 1 is 0.771 bits per heavy atom. The van der Waals surface area contributed by atoms with Crippen molar-refractivity contribution in [1.29, 1.82) is 0 Å². The Kier molecular flexibility index (Phi) is 7.75. The van der Waals surface area contributed by atoms with Crippen LogP contribution in [0.2, 0.25) is 0 Å². The van der Waals surface area contributed by atoms with Gasteiger partial charge in [0.2, 0.25) is 0 Å². The minimum atomic E-state index is -1.80. The molecule has 184 valence electrons. The van der Waals surface area contributed by atoms with Crippen molar-refractivity contribution >= 4 is 29.0 Å². The van der Waals surface area contributed by atoms with E-state index in [2.05, 4.69) is 112 Å². The Balaban J connectivity index is 0.00000289. The monoisotopic (exact) mass is 548 g/mol. The summed E-state index contributed by atoms with van der Waals surface area (Å²) in [6, 6.07) is 33.6. The van der Waals surface area contributed by atoms with Gasteiger partial charge in [-0.05, 0) is 78.8 Å². The minimum absolute atomic E-state index is 0. The normalized spacial score (nSPS) is 25.2. The predicted octanol–water partition coefficient (Wildman–Crippen LogP) is 3.80. The molecule has 0 saturated heterocycles. The number of halogens is 1. The fourth-order valence-electron chi connectivity index (χ4n) is 7.63. The lowest BCUT2D eigenvalue weighted by atomic mass is 9.75. The molecule has 2 aliphatic carbocycles. The Labute approximate surface area is 222 Å². The number of fused-ring (bicyclic) bond motifs is 1. The molecule has 3 heteroatoms. The van der Waals surface area contributed by atoms with Crippen LogP contribution in [0.1, 0.15) is 52.9 Å². The van der Waals surface area contributed by atoms with E-state index in [1.807, 2.05) is 0 Å². The first kappa shape index (κ1) is 26.3. The zero-order valence-corrected chi connectivity index (χ0v) is 23.8. The van der Waals surface area contributed by atoms with Crippen molar-refractivity contribution in [2.45, 2.75) is 52.9 Å². The molecular formula is C32H38BrOP. The van der Waals surface area contributed by atoms with Crippen LogP contribution in [0.25, 0.3) is 0 Å². The Bertz CT molecular complexity index is 1030. The van der Waals surface area contributed by atoms with Gasteiger partial charge in [0.15, 0.2) is 0 Å². The summed E-state index contributed by atoms with van der Waals surface area (Å²) in [6.07, 6.45) is 6.52. The lowest BCUT2D eigenvalue weighted by Crippen LogP contribution is -3.00. The lowest BCUT2D eigenvalue weighted by molar-refractivity contribution is -0.123. The molecule has 2 saturated carbocycles. The number of benzene rings is 3. The molecule has 0 radical (unpaired) electrons. The zero-order chi connectivity index (χ0) is 23.8. The van der Waals surface area contributed by atoms with E-state index in [9.17, 15) is 4.79 Å². The molecule has 5 rings (SSSR count). The van der Waals surface area contributed by atoms with E-state index in [-0.39, 0.29) is 33.7 Å². The van der Waals surface area contributed by atoms with Gasteiger partial charge in [-0.3, -0.25) is 4.79 Å². The first-order chi connectivity index (χ1) is 16.4. The van der Waals surface area contributed by atoms with Gasteiger partial charge in [0.1, 0.15) is 29.0 Å². The van der Waals surface area contributed by atoms with E-state index in [0.29, 0.717) is 11.7 Å². The van der Waals surface area contributed by atoms with Crippen molar-refractivity contribution in [2.75, 3.05) is 6.16 Å². The van der Waals surface area contributed by atoms with Crippen LogP contribution in [0.3, 0.4) is 0 Å². The Hall–Kier alpha value is -1.76. The molecule has 3 aromatic rings. The number of rotatable bonds is 7. The molecule has 0 aromatic heterocycles. The van der Waals surface area contributed by atoms with E-state index in [0.717, 1.165) is 31.8 Å². The van der Waals surface area contributed by atoms with E-state index in [1.54, 1.807) is 0 Å². The third-order valence-electron chi connectivity index (χ3n) is 8.91. The average Bonchev–Trinajstić information content (AvgIpc) is 3.25. The molecular weight excluding hydrogens is 511 g/mol. The van der Waals surface area contributed by atoms with Gasteiger partial charge in [0.05, 0.1) is 6.16 Å². The SMILES string of the molecule is CC1(C)C[C@@]2(C)CCC(=O)[C@H]2[C@@H]1CCC[P+](c1ccccc1)(c1ccccc1)c1ccccc1.[Br-]. The van der Waals surface area contributed by atoms with Crippen LogP contribution >= 0.6 is 7.26 Å². The topological polar surface area (TPSA) is 17.1 Å². The lowest BCUT2D eigenvalue weighted by Gasteiger charge is -2.32. The van der Waals surface area contributed by atoms with Gasteiger partial charge in [-0.1, -0.05) is 75.4 Å². The maximum Gasteiger partial charge on any atom is 0.136 e. The largest absolute Gasteiger partial charge is 1.00 e. The standard InChI is InChI=1S/C32H38OP.BrH/c1-31(2)24-32(3)22-21-29(33)30(32)28(31)20-13-23-34(25-14-7-4-8-15-25,26-16-9-5-10-17-26)27-18-11-6-12-19-27;/h4-12,14-19,28,30H,13,20-24H2,1-3H3;1H/q+1;/p-1/t28-,30+,32+;/m0./s1. The molecule has 0 heterocycles. The predicted molar refractivity (Wildman–Crippen MR) is 147 cm³/mol. The number of carbonyl (C=O) groups excluding carboxylic acids is 1. The van der Waals surface area contributed by atoms with Crippen molar-refractivity contribution in [2.24, 2.45) is 22.7 Å². The number of ketones is 1. The maximum atomic E-state index is 13.0. The molecule has 0 N–H and O–H groups in total. The summed E-state index contributed by atoms with van der Waals surface area (Å²) in [5, 5.41) is 4.37. The van der Waals surface area contributed by atoms with Crippen LogP contribution in [0.4, 0.5) is 0 Å². The second-order valence-corrected chi connectivity index (χ2v) is 15.2. The second kappa shape index (κ2) is 10.3. The molecule has 0 unspecified atom stereocenters. The average molecular weight is 550 g/mol. The van der Waals surface area contributed by atoms with Gasteiger partial charge in [0.25, 0.3) is 0 Å². The third-order valence-corrected chi connectivity index (χ3v) is 13.4. The van der Waals surface area contributed by atoms with Crippen LogP contribution in [0.5, 0.6) is 0 Å². The van der Waals surface area contributed by atoms with Crippen LogP contribution < -0.4 is 32.9 Å². The number of Topliss-reactive ketones (excluding diaryl/α,β-unsaturated/α-hetero) is 1. The molecule has 0 bridgehead atoms. The highest BCUT2D eigenvalue weighted by atomic mass is 79.9. The molecule has 35 heavy (non-hydrogen) atoms. The summed E-state index contributed by atoms with van der Waals surface area (Å²) in [5.74, 6) is 1.30. The molecule has 3 atom stereocenters. The molecule has 2 fully saturated rings. The summed E-state index contributed by atoms with van der Waals surface area (Å²) in [7, 11) is -1.80. The fourth-order valence-corrected chi connectivity index (χ4v) is 12.0. The highest BCUT2D eigenvalue weighted by molar-refractivity contribution is 7.95. The van der Waals surface area contributed by atoms with E-state index in [4.69, 9.17) is 0 Å². The van der Waals surface area contributed by atoms with E-state index in [1.165, 1.54) is 22.3 Å². The fraction of sp³-hybridized carbons (Fsp3) is 0.406. The van der Waals surface area contributed by atoms with Gasteiger partial charge in [-0.2, -0.15) is 0 Å². The van der Waals surface area contributed by atoms with Crippen LogP contribution in [0.15, 0.2) is 91.0 Å². The third kappa shape index (κ3) is 4.70. The number of carbonyl (C=O) groups is 1. The molecule has 0 amide bonds. The van der Waals surface area contributed by atoms with Gasteiger partial charge in [-0.25, -0.2) is 0 Å². The maximum absolute atomic E-state index is 13.0. The van der Waals surface area contributed by atoms with Crippen LogP contribution in [0, 0.1) is 22.7 Å². The number of hydrogen-bond donors (Lipinski definition) is 0. The van der Waals surface area contributed by atoms with Gasteiger partial charge >= 0.3 is 0 Å². The van der Waals surface area contributed by atoms with Crippen molar-refractivity contribution in [3.63, 3.8) is 0 Å². The van der Waals surface area contributed by atoms with Crippen LogP contribution in [-0.2, 0) is 4.79 Å². The molecule has 1 nitrogen and oxygen atoms in total. The van der Waals surface area contributed by atoms with Gasteiger partial charge in [0, 0.05) is 12.3 Å². The van der Waals surface area contributed by atoms with E-state index < -0.39 is 7.26 Å². The second-order valence-electron chi connectivity index (χ2n) is 11.6. The highest BCUT2D eigenvalue weighted by Gasteiger charge is 2.59. The molecule has 0 aliphatic heterocycles. The summed E-state index contributed by atoms with van der Waals surface area (Å²) >= 11 is 0. The highest BCUT2D eigenvalue weighted by Crippen LogP contribution is 2.64. The first-order valence-electron chi connectivity index (χ1n) is 12.9. The summed E-state index contributed by atoms with van der Waals surface area (Å²) < 4.78 is 0. The summed E-state index contributed by atoms with van der Waals surface area (Å²) in [5.41, 5.74) is 0.457. The van der Waals surface area contributed by atoms with Crippen molar-refractivity contribution < 1.29 is 21.8 Å². The van der Waals surface area contributed by atoms with Crippen molar-refractivity contribution in [1.82, 2.24) is 0 Å². The first-order valence-corrected chi connectivity index (χ1v) is 14.9. The zero-order valence-electron chi connectivity index (χ0n) is 21.3. The summed E-state index contributed by atoms with van der Waals surface area (Å²) in [6.45, 7) is 7.23. The quantitative estimate of drug-likeness (QED) is 0.410. The smallest absolute Gasteiger partial charge is 0.136 e. The van der Waals surface area contributed by atoms with Gasteiger partial charge in [-0.15, -0.1) is 0 Å². The minimum Gasteiger partial charge on any atom is -1.00 e. The van der Waals surface area contributed by atoms with Crippen molar-refractivity contribution in [3.8, 4) is 0 Å². The molecule has 0 spiro atoms. The van der Waals surface area contributed by atoms with Crippen LogP contribution in [-0.4, -0.2) is 11.9 Å². The van der Waals surface area contributed by atoms with Gasteiger partial charge < -0.3 is 17.0 Å². The summed E-state index contributed by atoms with van der Waals surface area (Å²) in [4.78, 5) is 13.0. The Morgan fingerprint density at radius 2 is 1.23 bits per heavy atom. The van der Waals surface area contributed by atoms with E-state index >= 15 is 0 Å². The molecule has 2 aliphatic rings. The Morgan fingerprint density at radius 3 is 1.69 bits per heavy atom. The van der Waals surface area contributed by atoms with Crippen molar-refractivity contribution in [3.05, 3.63) is 91.0 Å².